The number of nitrogens with one attached hydrogen (secondary N) is 1. The lowest BCUT2D eigenvalue weighted by Crippen LogP contribution is -2.46. The number of hydrogen-bond donors (Lipinski definition) is 2. The summed E-state index contributed by atoms with van der Waals surface area (Å²) in [5.41, 5.74) is 2.66. The fourth-order valence-electron chi connectivity index (χ4n) is 1.91. The van der Waals surface area contributed by atoms with Crippen LogP contribution in [0.1, 0.15) is 19.8 Å². The van der Waals surface area contributed by atoms with Crippen LogP contribution in [0.5, 0.6) is 0 Å². The lowest BCUT2D eigenvalue weighted by atomic mass is 9.96. The second-order valence-electron chi connectivity index (χ2n) is 4.29. The van der Waals surface area contributed by atoms with Gasteiger partial charge < -0.3 is 4.74 Å². The molecule has 6 heteroatoms. The smallest absolute Gasteiger partial charge is 0.147 e. The summed E-state index contributed by atoms with van der Waals surface area (Å²) in [6.45, 7) is 2.84. The van der Waals surface area contributed by atoms with E-state index in [0.717, 1.165) is 13.0 Å². The number of nitrogens with two attached hydrogens (primary N) is 1. The quantitative estimate of drug-likeness (QED) is 0.505. The highest BCUT2D eigenvalue weighted by Crippen LogP contribution is 2.24. The molecule has 15 heavy (non-hydrogen) atoms. The third kappa shape index (κ3) is 4.06. The zero-order valence-corrected chi connectivity index (χ0v) is 10.1. The first-order chi connectivity index (χ1) is 6.94. The molecule has 1 aliphatic rings. The summed E-state index contributed by atoms with van der Waals surface area (Å²) >= 11 is 0. The molecule has 0 amide bonds. The molecule has 5 nitrogen and oxygen atoms in total. The van der Waals surface area contributed by atoms with E-state index in [2.05, 4.69) is 12.3 Å². The van der Waals surface area contributed by atoms with Crippen molar-refractivity contribution in [3.05, 3.63) is 0 Å². The second-order valence-corrected chi connectivity index (χ2v) is 6.55. The molecule has 3 unspecified atom stereocenters. The molecule has 0 saturated carbocycles. The van der Waals surface area contributed by atoms with Gasteiger partial charge in [0.2, 0.25) is 0 Å². The first-order valence-corrected chi connectivity index (χ1v) is 7.25. The molecular weight excluding hydrogens is 216 g/mol. The number of hydrogen-bond acceptors (Lipinski definition) is 5. The molecule has 0 radical (unpaired) electrons. The van der Waals surface area contributed by atoms with Crippen molar-refractivity contribution in [3.8, 4) is 0 Å². The first-order valence-electron chi connectivity index (χ1n) is 5.19. The van der Waals surface area contributed by atoms with Crippen molar-refractivity contribution >= 4 is 9.84 Å². The average molecular weight is 236 g/mol. The van der Waals surface area contributed by atoms with Crippen LogP contribution < -0.4 is 11.3 Å². The Hall–Kier alpha value is -0.170. The van der Waals surface area contributed by atoms with Gasteiger partial charge in [-0.25, -0.2) is 8.42 Å². The van der Waals surface area contributed by atoms with Crippen LogP contribution in [0.15, 0.2) is 0 Å². The predicted molar refractivity (Wildman–Crippen MR) is 59.0 cm³/mol. The highest BCUT2D eigenvalue weighted by molar-refractivity contribution is 7.90. The molecule has 0 aromatic carbocycles. The minimum atomic E-state index is -2.93. The number of rotatable bonds is 5. The fraction of sp³-hybridized carbons (Fsp3) is 1.00. The van der Waals surface area contributed by atoms with Crippen molar-refractivity contribution in [1.82, 2.24) is 5.43 Å². The Labute approximate surface area is 91.3 Å². The molecule has 1 aliphatic heterocycles. The molecule has 0 bridgehead atoms. The SMILES string of the molecule is CC1CCOC1C(CCS(C)(=O)=O)NN. The van der Waals surface area contributed by atoms with E-state index in [4.69, 9.17) is 10.6 Å². The summed E-state index contributed by atoms with van der Waals surface area (Å²) in [5.74, 6) is 6.00. The van der Waals surface area contributed by atoms with Gasteiger partial charge in [-0.05, 0) is 18.8 Å². The van der Waals surface area contributed by atoms with Crippen LogP contribution in [0.25, 0.3) is 0 Å². The molecule has 0 aromatic rings. The standard InChI is InChI=1S/C9H20N2O3S/c1-7-3-5-14-9(7)8(11-10)4-6-15(2,12)13/h7-9,11H,3-6,10H2,1-2H3. The Balaban J connectivity index is 2.48. The average Bonchev–Trinajstić information content (AvgIpc) is 2.52. The molecule has 3 atom stereocenters. The van der Waals surface area contributed by atoms with Crippen LogP contribution >= 0.6 is 0 Å². The van der Waals surface area contributed by atoms with Gasteiger partial charge in [-0.3, -0.25) is 11.3 Å². The van der Waals surface area contributed by atoms with E-state index < -0.39 is 9.84 Å². The van der Waals surface area contributed by atoms with Crippen molar-refractivity contribution in [3.63, 3.8) is 0 Å². The van der Waals surface area contributed by atoms with Crippen LogP contribution in [-0.2, 0) is 14.6 Å². The van der Waals surface area contributed by atoms with E-state index in [1.165, 1.54) is 6.26 Å². The van der Waals surface area contributed by atoms with E-state index in [1.54, 1.807) is 0 Å². The molecule has 1 saturated heterocycles. The van der Waals surface area contributed by atoms with E-state index in [-0.39, 0.29) is 17.9 Å². The summed E-state index contributed by atoms with van der Waals surface area (Å²) in [6.07, 6.45) is 2.79. The highest BCUT2D eigenvalue weighted by atomic mass is 32.2. The molecule has 3 N–H and O–H groups in total. The lowest BCUT2D eigenvalue weighted by molar-refractivity contribution is 0.0600. The van der Waals surface area contributed by atoms with Gasteiger partial charge in [-0.2, -0.15) is 0 Å². The highest BCUT2D eigenvalue weighted by Gasteiger charge is 2.31. The van der Waals surface area contributed by atoms with Crippen molar-refractivity contribution in [1.29, 1.82) is 0 Å². The maximum Gasteiger partial charge on any atom is 0.147 e. The summed E-state index contributed by atoms with van der Waals surface area (Å²) in [7, 11) is -2.93. The van der Waals surface area contributed by atoms with E-state index in [1.807, 2.05) is 0 Å². The van der Waals surface area contributed by atoms with Gasteiger partial charge in [0, 0.05) is 18.9 Å². The molecule has 1 rings (SSSR count). The van der Waals surface area contributed by atoms with Crippen molar-refractivity contribution in [2.24, 2.45) is 11.8 Å². The fourth-order valence-corrected chi connectivity index (χ4v) is 2.60. The largest absolute Gasteiger partial charge is 0.376 e. The van der Waals surface area contributed by atoms with Gasteiger partial charge in [-0.1, -0.05) is 6.92 Å². The zero-order valence-electron chi connectivity index (χ0n) is 9.27. The topological polar surface area (TPSA) is 81.4 Å². The molecule has 0 spiro atoms. The molecular formula is C9H20N2O3S. The Morgan fingerprint density at radius 2 is 2.27 bits per heavy atom. The van der Waals surface area contributed by atoms with Crippen molar-refractivity contribution in [2.75, 3.05) is 18.6 Å². The van der Waals surface area contributed by atoms with Crippen molar-refractivity contribution in [2.45, 2.75) is 31.9 Å². The van der Waals surface area contributed by atoms with Gasteiger partial charge in [0.05, 0.1) is 11.9 Å². The van der Waals surface area contributed by atoms with Crippen LogP contribution in [0.2, 0.25) is 0 Å². The first kappa shape index (κ1) is 12.9. The summed E-state index contributed by atoms with van der Waals surface area (Å²) in [4.78, 5) is 0. The number of hydrazine groups is 1. The van der Waals surface area contributed by atoms with Gasteiger partial charge in [0.1, 0.15) is 9.84 Å². The van der Waals surface area contributed by atoms with Crippen LogP contribution in [-0.4, -0.2) is 39.2 Å². The minimum Gasteiger partial charge on any atom is -0.376 e. The minimum absolute atomic E-state index is 0.0387. The van der Waals surface area contributed by atoms with E-state index in [0.29, 0.717) is 12.3 Å². The third-order valence-corrected chi connectivity index (χ3v) is 3.83. The van der Waals surface area contributed by atoms with Gasteiger partial charge in [0.15, 0.2) is 0 Å². The predicted octanol–water partition coefficient (Wildman–Crippen LogP) is -0.322. The normalized spacial score (nSPS) is 29.3. The number of ether oxygens (including phenoxy) is 1. The van der Waals surface area contributed by atoms with E-state index >= 15 is 0 Å². The van der Waals surface area contributed by atoms with Crippen molar-refractivity contribution < 1.29 is 13.2 Å². The van der Waals surface area contributed by atoms with Gasteiger partial charge >= 0.3 is 0 Å². The second kappa shape index (κ2) is 5.25. The summed E-state index contributed by atoms with van der Waals surface area (Å²) < 4.78 is 27.6. The summed E-state index contributed by atoms with van der Waals surface area (Å²) in [5, 5.41) is 0. The third-order valence-electron chi connectivity index (χ3n) is 2.85. The van der Waals surface area contributed by atoms with Crippen LogP contribution in [0.4, 0.5) is 0 Å². The molecule has 0 aromatic heterocycles. The van der Waals surface area contributed by atoms with Crippen LogP contribution in [0.3, 0.4) is 0 Å². The van der Waals surface area contributed by atoms with E-state index in [9.17, 15) is 8.42 Å². The van der Waals surface area contributed by atoms with Gasteiger partial charge in [-0.15, -0.1) is 0 Å². The molecule has 90 valence electrons. The maximum atomic E-state index is 11.0. The number of sulfone groups is 1. The Bertz CT molecular complexity index is 292. The molecule has 1 fully saturated rings. The molecule has 0 aliphatic carbocycles. The summed E-state index contributed by atoms with van der Waals surface area (Å²) in [6, 6.07) is -0.0720. The zero-order chi connectivity index (χ0) is 11.5. The maximum absolute atomic E-state index is 11.0. The van der Waals surface area contributed by atoms with Gasteiger partial charge in [0.25, 0.3) is 0 Å². The Morgan fingerprint density at radius 1 is 1.60 bits per heavy atom. The monoisotopic (exact) mass is 236 g/mol. The molecule has 1 heterocycles. The van der Waals surface area contributed by atoms with Crippen LogP contribution in [0, 0.1) is 5.92 Å². The lowest BCUT2D eigenvalue weighted by Gasteiger charge is -2.25. The Morgan fingerprint density at radius 3 is 2.67 bits per heavy atom. The Kier molecular flexibility index (Phi) is 4.51.